The Balaban J connectivity index is 2.30. The molecule has 0 unspecified atom stereocenters. The molecular formula is C13H16N4O3S. The molecule has 0 aliphatic carbocycles. The summed E-state index contributed by atoms with van der Waals surface area (Å²) in [6.45, 7) is 3.74. The van der Waals surface area contributed by atoms with E-state index in [9.17, 15) is 13.2 Å². The van der Waals surface area contributed by atoms with Crippen LogP contribution in [-0.2, 0) is 10.0 Å². The first-order chi connectivity index (χ1) is 9.83. The van der Waals surface area contributed by atoms with Gasteiger partial charge in [0.15, 0.2) is 0 Å². The number of hydrogen-bond donors (Lipinski definition) is 4. The van der Waals surface area contributed by atoms with E-state index in [2.05, 4.69) is 9.71 Å². The Morgan fingerprint density at radius 1 is 1.24 bits per heavy atom. The fourth-order valence-electron chi connectivity index (χ4n) is 1.87. The predicted molar refractivity (Wildman–Crippen MR) is 79.2 cm³/mol. The molecule has 1 amide bonds. The minimum atomic E-state index is -3.77. The van der Waals surface area contributed by atoms with E-state index in [4.69, 9.17) is 5.84 Å². The molecule has 1 heterocycles. The first-order valence-corrected chi connectivity index (χ1v) is 7.61. The van der Waals surface area contributed by atoms with Gasteiger partial charge in [0.2, 0.25) is 0 Å². The van der Waals surface area contributed by atoms with E-state index < -0.39 is 15.9 Å². The van der Waals surface area contributed by atoms with E-state index in [1.54, 1.807) is 6.07 Å². The normalized spacial score (nSPS) is 11.2. The van der Waals surface area contributed by atoms with Crippen molar-refractivity contribution in [3.63, 3.8) is 0 Å². The second-order valence-corrected chi connectivity index (χ2v) is 6.33. The number of aromatic amines is 1. The largest absolute Gasteiger partial charge is 0.356 e. The van der Waals surface area contributed by atoms with Crippen molar-refractivity contribution in [1.82, 2.24) is 10.4 Å². The molecule has 0 spiro atoms. The Bertz CT molecular complexity index is 780. The van der Waals surface area contributed by atoms with Crippen molar-refractivity contribution in [2.45, 2.75) is 18.7 Å². The molecule has 0 radical (unpaired) electrons. The fraction of sp³-hybridized carbons (Fsp3) is 0.154. The fourth-order valence-corrected chi connectivity index (χ4v) is 2.99. The van der Waals surface area contributed by atoms with Crippen LogP contribution in [0.2, 0.25) is 0 Å². The SMILES string of the molecule is Cc1ccc(NS(=O)(=O)c2c[nH]c(C(=O)NN)c2)c(C)c1. The molecule has 5 N–H and O–H groups in total. The Morgan fingerprint density at radius 2 is 1.95 bits per heavy atom. The van der Waals surface area contributed by atoms with Crippen LogP contribution in [0.5, 0.6) is 0 Å². The van der Waals surface area contributed by atoms with Crippen LogP contribution in [0.4, 0.5) is 5.69 Å². The van der Waals surface area contributed by atoms with Gasteiger partial charge >= 0.3 is 0 Å². The maximum atomic E-state index is 12.3. The summed E-state index contributed by atoms with van der Waals surface area (Å²) in [5, 5.41) is 0. The average molecular weight is 308 g/mol. The maximum Gasteiger partial charge on any atom is 0.281 e. The number of hydrazine groups is 1. The van der Waals surface area contributed by atoms with Crippen molar-refractivity contribution >= 4 is 21.6 Å². The summed E-state index contributed by atoms with van der Waals surface area (Å²) in [4.78, 5) is 13.8. The number of hydrogen-bond acceptors (Lipinski definition) is 4. The Morgan fingerprint density at radius 3 is 2.57 bits per heavy atom. The molecule has 21 heavy (non-hydrogen) atoms. The van der Waals surface area contributed by atoms with Gasteiger partial charge in [0, 0.05) is 6.20 Å². The summed E-state index contributed by atoms with van der Waals surface area (Å²) < 4.78 is 27.0. The second-order valence-electron chi connectivity index (χ2n) is 4.65. The van der Waals surface area contributed by atoms with Crippen LogP contribution in [0.15, 0.2) is 35.4 Å². The monoisotopic (exact) mass is 308 g/mol. The van der Waals surface area contributed by atoms with Crippen LogP contribution in [-0.4, -0.2) is 19.3 Å². The number of nitrogens with two attached hydrogens (primary N) is 1. The number of carbonyl (C=O) groups excluding carboxylic acids is 1. The van der Waals surface area contributed by atoms with E-state index in [0.717, 1.165) is 11.1 Å². The molecule has 0 bridgehead atoms. The van der Waals surface area contributed by atoms with Gasteiger partial charge < -0.3 is 4.98 Å². The molecule has 112 valence electrons. The zero-order chi connectivity index (χ0) is 15.6. The Labute approximate surface area is 122 Å². The number of anilines is 1. The first kappa shape index (κ1) is 15.1. The number of sulfonamides is 1. The third kappa shape index (κ3) is 3.23. The van der Waals surface area contributed by atoms with E-state index in [1.807, 2.05) is 31.4 Å². The molecule has 0 atom stereocenters. The van der Waals surface area contributed by atoms with Gasteiger partial charge in [-0.15, -0.1) is 0 Å². The molecule has 0 fully saturated rings. The standard InChI is InChI=1S/C13H16N4O3S/c1-8-3-4-11(9(2)5-8)17-21(19,20)10-6-12(15-7-10)13(18)16-14/h3-7,15,17H,14H2,1-2H3,(H,16,18). The molecule has 2 aromatic rings. The van der Waals surface area contributed by atoms with Crippen molar-refractivity contribution in [3.8, 4) is 0 Å². The Kier molecular flexibility index (Phi) is 4.01. The summed E-state index contributed by atoms with van der Waals surface area (Å²) in [7, 11) is -3.77. The third-order valence-electron chi connectivity index (χ3n) is 2.97. The Hall–Kier alpha value is -2.32. The van der Waals surface area contributed by atoms with Crippen LogP contribution in [0.1, 0.15) is 21.6 Å². The highest BCUT2D eigenvalue weighted by molar-refractivity contribution is 7.92. The van der Waals surface area contributed by atoms with E-state index in [0.29, 0.717) is 5.69 Å². The molecule has 0 saturated heterocycles. The summed E-state index contributed by atoms with van der Waals surface area (Å²) in [5.41, 5.74) is 4.34. The van der Waals surface area contributed by atoms with Gasteiger partial charge in [-0.2, -0.15) is 0 Å². The summed E-state index contributed by atoms with van der Waals surface area (Å²) in [6.07, 6.45) is 1.23. The number of carbonyl (C=O) groups is 1. The first-order valence-electron chi connectivity index (χ1n) is 6.13. The second kappa shape index (κ2) is 5.58. The van der Waals surface area contributed by atoms with Gasteiger partial charge in [0.25, 0.3) is 15.9 Å². The number of rotatable bonds is 4. The van der Waals surface area contributed by atoms with E-state index >= 15 is 0 Å². The van der Waals surface area contributed by atoms with Gasteiger partial charge in [-0.1, -0.05) is 17.7 Å². The van der Waals surface area contributed by atoms with Gasteiger partial charge in [-0.05, 0) is 31.5 Å². The van der Waals surface area contributed by atoms with Gasteiger partial charge in [-0.25, -0.2) is 14.3 Å². The van der Waals surface area contributed by atoms with Crippen LogP contribution in [0.25, 0.3) is 0 Å². The van der Waals surface area contributed by atoms with Crippen LogP contribution in [0, 0.1) is 13.8 Å². The van der Waals surface area contributed by atoms with Crippen LogP contribution < -0.4 is 16.0 Å². The lowest BCUT2D eigenvalue weighted by Gasteiger charge is -2.09. The number of H-pyrrole nitrogens is 1. The van der Waals surface area contributed by atoms with Crippen LogP contribution >= 0.6 is 0 Å². The predicted octanol–water partition coefficient (Wildman–Crippen LogP) is 1.04. The van der Waals surface area contributed by atoms with Gasteiger partial charge in [0.1, 0.15) is 10.6 Å². The number of aromatic nitrogens is 1. The minimum Gasteiger partial charge on any atom is -0.356 e. The van der Waals surface area contributed by atoms with Crippen molar-refractivity contribution in [2.75, 3.05) is 4.72 Å². The molecule has 0 aliphatic rings. The highest BCUT2D eigenvalue weighted by Gasteiger charge is 2.19. The summed E-state index contributed by atoms with van der Waals surface area (Å²) in [6, 6.07) is 6.61. The molecule has 1 aromatic heterocycles. The number of benzene rings is 1. The lowest BCUT2D eigenvalue weighted by molar-refractivity contribution is 0.0949. The number of aryl methyl sites for hydroxylation is 2. The highest BCUT2D eigenvalue weighted by Crippen LogP contribution is 2.21. The van der Waals surface area contributed by atoms with Gasteiger partial charge in [0.05, 0.1) is 5.69 Å². The molecule has 0 aliphatic heterocycles. The third-order valence-corrected chi connectivity index (χ3v) is 4.31. The molecular weight excluding hydrogens is 292 g/mol. The zero-order valence-electron chi connectivity index (χ0n) is 11.6. The molecule has 1 aromatic carbocycles. The molecule has 0 saturated carbocycles. The summed E-state index contributed by atoms with van der Waals surface area (Å²) in [5.74, 6) is 4.40. The van der Waals surface area contributed by atoms with Crippen molar-refractivity contribution in [3.05, 3.63) is 47.3 Å². The highest BCUT2D eigenvalue weighted by atomic mass is 32.2. The maximum absolute atomic E-state index is 12.3. The lowest BCUT2D eigenvalue weighted by atomic mass is 10.1. The molecule has 8 heteroatoms. The minimum absolute atomic E-state index is 0.0407. The quantitative estimate of drug-likeness (QED) is 0.383. The van der Waals surface area contributed by atoms with Crippen molar-refractivity contribution in [2.24, 2.45) is 5.84 Å². The smallest absolute Gasteiger partial charge is 0.281 e. The van der Waals surface area contributed by atoms with Crippen LogP contribution in [0.3, 0.4) is 0 Å². The number of amides is 1. The number of nitrogen functional groups attached to an aromatic ring is 1. The van der Waals surface area contributed by atoms with E-state index in [-0.39, 0.29) is 10.6 Å². The summed E-state index contributed by atoms with van der Waals surface area (Å²) >= 11 is 0. The van der Waals surface area contributed by atoms with Crippen molar-refractivity contribution < 1.29 is 13.2 Å². The zero-order valence-corrected chi connectivity index (χ0v) is 12.4. The van der Waals surface area contributed by atoms with E-state index in [1.165, 1.54) is 12.3 Å². The van der Waals surface area contributed by atoms with Gasteiger partial charge in [-0.3, -0.25) is 14.9 Å². The lowest BCUT2D eigenvalue weighted by Crippen LogP contribution is -2.30. The topological polar surface area (TPSA) is 117 Å². The average Bonchev–Trinajstić information content (AvgIpc) is 2.91. The molecule has 2 rings (SSSR count). The number of nitrogens with one attached hydrogen (secondary N) is 3. The molecule has 7 nitrogen and oxygen atoms in total. The van der Waals surface area contributed by atoms with Crippen molar-refractivity contribution in [1.29, 1.82) is 0 Å².